The fourth-order valence-electron chi connectivity index (χ4n) is 2.56. The molecule has 0 fully saturated rings. The lowest BCUT2D eigenvalue weighted by molar-refractivity contribution is 0.191. The van der Waals surface area contributed by atoms with Crippen LogP contribution >= 0.6 is 11.6 Å². The summed E-state index contributed by atoms with van der Waals surface area (Å²) < 4.78 is 0. The van der Waals surface area contributed by atoms with E-state index < -0.39 is 6.10 Å². The molecule has 1 aromatic heterocycles. The Bertz CT molecular complexity index is 834. The van der Waals surface area contributed by atoms with Crippen molar-refractivity contribution in [3.8, 4) is 0 Å². The molecule has 0 bridgehead atoms. The van der Waals surface area contributed by atoms with Crippen LogP contribution < -0.4 is 11.1 Å². The van der Waals surface area contributed by atoms with E-state index in [2.05, 4.69) is 10.3 Å². The quantitative estimate of drug-likeness (QED) is 0.635. The van der Waals surface area contributed by atoms with Gasteiger partial charge in [-0.05, 0) is 36.8 Å². The van der Waals surface area contributed by atoms with Crippen molar-refractivity contribution in [2.45, 2.75) is 13.0 Å². The smallest absolute Gasteiger partial charge is 0.134 e. The lowest BCUT2D eigenvalue weighted by Crippen LogP contribution is -2.13. The number of aliphatic hydroxyl groups is 1. The van der Waals surface area contributed by atoms with E-state index in [0.29, 0.717) is 17.3 Å². The van der Waals surface area contributed by atoms with Crippen molar-refractivity contribution in [1.82, 2.24) is 4.98 Å². The molecular weight excluding hydrogens is 310 g/mol. The number of nitrogens with two attached hydrogens (primary N) is 1. The highest BCUT2D eigenvalue weighted by Gasteiger charge is 2.10. The third-order valence-corrected chi connectivity index (χ3v) is 4.01. The summed E-state index contributed by atoms with van der Waals surface area (Å²) in [6.07, 6.45) is -0.648. The molecule has 0 aliphatic rings. The van der Waals surface area contributed by atoms with Crippen LogP contribution in [0.15, 0.2) is 48.5 Å². The molecule has 3 aromatic rings. The number of halogens is 1. The highest BCUT2D eigenvalue weighted by Crippen LogP contribution is 2.27. The van der Waals surface area contributed by atoms with Crippen molar-refractivity contribution in [3.05, 3.63) is 64.8 Å². The molecule has 0 aliphatic heterocycles. The molecular formula is C18H18ClN3O. The van der Waals surface area contributed by atoms with E-state index >= 15 is 0 Å². The maximum absolute atomic E-state index is 10.3. The van der Waals surface area contributed by atoms with E-state index in [1.54, 1.807) is 12.1 Å². The van der Waals surface area contributed by atoms with Gasteiger partial charge < -0.3 is 16.2 Å². The molecule has 0 amide bonds. The van der Waals surface area contributed by atoms with Gasteiger partial charge in [-0.25, -0.2) is 4.98 Å². The minimum absolute atomic E-state index is 0.349. The Hall–Kier alpha value is -2.30. The van der Waals surface area contributed by atoms with Gasteiger partial charge in [0.2, 0.25) is 0 Å². The van der Waals surface area contributed by atoms with E-state index in [4.69, 9.17) is 17.3 Å². The molecule has 1 unspecified atom stereocenters. The first-order chi connectivity index (χ1) is 11.0. The number of fused-ring (bicyclic) bond motifs is 1. The topological polar surface area (TPSA) is 71.2 Å². The number of aromatic nitrogens is 1. The van der Waals surface area contributed by atoms with Gasteiger partial charge in [-0.3, -0.25) is 0 Å². The summed E-state index contributed by atoms with van der Waals surface area (Å²) in [6, 6.07) is 14.9. The monoisotopic (exact) mass is 327 g/mol. The maximum atomic E-state index is 10.3. The normalized spacial score (nSPS) is 12.3. The van der Waals surface area contributed by atoms with Gasteiger partial charge >= 0.3 is 0 Å². The summed E-state index contributed by atoms with van der Waals surface area (Å²) >= 11 is 5.87. The molecule has 4 nitrogen and oxygen atoms in total. The van der Waals surface area contributed by atoms with Crippen molar-refractivity contribution in [2.24, 2.45) is 0 Å². The van der Waals surface area contributed by atoms with Crippen molar-refractivity contribution in [1.29, 1.82) is 0 Å². The van der Waals surface area contributed by atoms with Gasteiger partial charge in [-0.15, -0.1) is 0 Å². The predicted octanol–water partition coefficient (Wildman–Crippen LogP) is 3.92. The minimum Gasteiger partial charge on any atom is -0.398 e. The van der Waals surface area contributed by atoms with Crippen molar-refractivity contribution in [2.75, 3.05) is 17.6 Å². The lowest BCUT2D eigenvalue weighted by Gasteiger charge is -2.15. The SMILES string of the molecule is Cc1cc2c(N)cccc2c(NCC(O)c2ccc(Cl)cc2)n1. The number of benzene rings is 2. The second kappa shape index (κ2) is 6.44. The van der Waals surface area contributed by atoms with Gasteiger partial charge in [0.25, 0.3) is 0 Å². The zero-order valence-corrected chi connectivity index (χ0v) is 13.5. The summed E-state index contributed by atoms with van der Waals surface area (Å²) in [6.45, 7) is 2.27. The molecule has 0 saturated carbocycles. The summed E-state index contributed by atoms with van der Waals surface area (Å²) in [5.74, 6) is 0.723. The summed E-state index contributed by atoms with van der Waals surface area (Å²) in [5.41, 5.74) is 8.43. The zero-order chi connectivity index (χ0) is 16.4. The number of nitrogens with zero attached hydrogens (tertiary/aromatic N) is 1. The summed E-state index contributed by atoms with van der Waals surface area (Å²) in [4.78, 5) is 4.52. The number of nitrogens with one attached hydrogen (secondary N) is 1. The third kappa shape index (κ3) is 3.38. The average Bonchev–Trinajstić information content (AvgIpc) is 2.54. The largest absolute Gasteiger partial charge is 0.398 e. The molecule has 0 aliphatic carbocycles. The van der Waals surface area contributed by atoms with Crippen LogP contribution in [0.2, 0.25) is 5.02 Å². The molecule has 0 spiro atoms. The molecule has 0 radical (unpaired) electrons. The Kier molecular flexibility index (Phi) is 4.37. The minimum atomic E-state index is -0.648. The average molecular weight is 328 g/mol. The van der Waals surface area contributed by atoms with Crippen LogP contribution in [0.1, 0.15) is 17.4 Å². The lowest BCUT2D eigenvalue weighted by atomic mass is 10.1. The number of anilines is 2. The summed E-state index contributed by atoms with van der Waals surface area (Å²) in [7, 11) is 0. The van der Waals surface area contributed by atoms with E-state index in [0.717, 1.165) is 27.8 Å². The Morgan fingerprint density at radius 1 is 1.17 bits per heavy atom. The Morgan fingerprint density at radius 3 is 2.65 bits per heavy atom. The molecule has 0 saturated heterocycles. The van der Waals surface area contributed by atoms with Gasteiger partial charge in [0.05, 0.1) is 6.10 Å². The second-order valence-corrected chi connectivity index (χ2v) is 5.94. The van der Waals surface area contributed by atoms with Gasteiger partial charge in [0.1, 0.15) is 5.82 Å². The van der Waals surface area contributed by atoms with Crippen LogP contribution in [0, 0.1) is 6.92 Å². The van der Waals surface area contributed by atoms with Crippen molar-refractivity contribution >= 4 is 33.9 Å². The molecule has 23 heavy (non-hydrogen) atoms. The van der Waals surface area contributed by atoms with Gasteiger partial charge in [-0.2, -0.15) is 0 Å². The number of pyridine rings is 1. The highest BCUT2D eigenvalue weighted by molar-refractivity contribution is 6.30. The molecule has 5 heteroatoms. The Balaban J connectivity index is 1.84. The van der Waals surface area contributed by atoms with Crippen LogP contribution in [-0.2, 0) is 0 Å². The van der Waals surface area contributed by atoms with Crippen molar-refractivity contribution in [3.63, 3.8) is 0 Å². The molecule has 4 N–H and O–H groups in total. The van der Waals surface area contributed by atoms with Crippen LogP contribution in [0.5, 0.6) is 0 Å². The fraction of sp³-hybridized carbons (Fsp3) is 0.167. The Morgan fingerprint density at radius 2 is 1.91 bits per heavy atom. The molecule has 118 valence electrons. The third-order valence-electron chi connectivity index (χ3n) is 3.75. The molecule has 2 aromatic carbocycles. The highest BCUT2D eigenvalue weighted by atomic mass is 35.5. The standard InChI is InChI=1S/C18H18ClN3O/c1-11-9-15-14(3-2-4-16(15)20)18(22-11)21-10-17(23)12-5-7-13(19)8-6-12/h2-9,17,23H,10,20H2,1H3,(H,21,22). The van der Waals surface area contributed by atoms with Crippen LogP contribution in [-0.4, -0.2) is 16.6 Å². The number of nitrogen functional groups attached to an aromatic ring is 1. The Labute approximate surface area is 139 Å². The van der Waals surface area contributed by atoms with Crippen LogP contribution in [0.3, 0.4) is 0 Å². The number of hydrogen-bond acceptors (Lipinski definition) is 4. The van der Waals surface area contributed by atoms with E-state index in [-0.39, 0.29) is 0 Å². The number of hydrogen-bond donors (Lipinski definition) is 3. The number of aryl methyl sites for hydroxylation is 1. The molecule has 1 heterocycles. The summed E-state index contributed by atoms with van der Waals surface area (Å²) in [5, 5.41) is 16.1. The van der Waals surface area contributed by atoms with Gasteiger partial charge in [-0.1, -0.05) is 35.9 Å². The first kappa shape index (κ1) is 15.6. The molecule has 1 atom stereocenters. The maximum Gasteiger partial charge on any atom is 0.134 e. The first-order valence-electron chi connectivity index (χ1n) is 7.38. The number of rotatable bonds is 4. The van der Waals surface area contributed by atoms with Crippen molar-refractivity contribution < 1.29 is 5.11 Å². The molecule has 3 rings (SSSR count). The second-order valence-electron chi connectivity index (χ2n) is 5.50. The van der Waals surface area contributed by atoms with Crippen LogP contribution in [0.4, 0.5) is 11.5 Å². The van der Waals surface area contributed by atoms with Gasteiger partial charge in [0, 0.05) is 33.7 Å². The predicted molar refractivity (Wildman–Crippen MR) is 95.8 cm³/mol. The van der Waals surface area contributed by atoms with Crippen LogP contribution in [0.25, 0.3) is 10.8 Å². The first-order valence-corrected chi connectivity index (χ1v) is 7.75. The van der Waals surface area contributed by atoms with E-state index in [9.17, 15) is 5.11 Å². The van der Waals surface area contributed by atoms with E-state index in [1.807, 2.05) is 43.3 Å². The zero-order valence-electron chi connectivity index (χ0n) is 12.8. The number of aliphatic hydroxyl groups excluding tert-OH is 1. The fourth-order valence-corrected chi connectivity index (χ4v) is 2.69. The van der Waals surface area contributed by atoms with Gasteiger partial charge in [0.15, 0.2) is 0 Å². The van der Waals surface area contributed by atoms with E-state index in [1.165, 1.54) is 0 Å².